The van der Waals surface area contributed by atoms with E-state index in [0.717, 1.165) is 5.56 Å². The van der Waals surface area contributed by atoms with E-state index in [2.05, 4.69) is 20.8 Å². The maximum absolute atomic E-state index is 11.6. The van der Waals surface area contributed by atoms with E-state index in [0.29, 0.717) is 5.56 Å². The summed E-state index contributed by atoms with van der Waals surface area (Å²) in [4.78, 5) is 22.2. The molecule has 110 valence electrons. The molecule has 2 rings (SSSR count). The molecule has 21 heavy (non-hydrogen) atoms. The molecule has 0 radical (unpaired) electrons. The fraction of sp³-hybridized carbons (Fsp3) is 0.231. The summed E-state index contributed by atoms with van der Waals surface area (Å²) >= 11 is 0. The third-order valence-corrected chi connectivity index (χ3v) is 3.07. The van der Waals surface area contributed by atoms with Gasteiger partial charge in [-0.15, -0.1) is 0 Å². The molecule has 0 saturated heterocycles. The number of carbonyl (C=O) groups excluding carboxylic acids is 1. The monoisotopic (exact) mass is 289 g/mol. The highest BCUT2D eigenvalue weighted by Gasteiger charge is 2.18. The van der Waals surface area contributed by atoms with Gasteiger partial charge in [0.05, 0.1) is 17.2 Å². The number of nitrogens with one attached hydrogen (secondary N) is 3. The molecule has 1 aromatic carbocycles. The zero-order chi connectivity index (χ0) is 15.4. The molecule has 0 saturated carbocycles. The van der Waals surface area contributed by atoms with Crippen molar-refractivity contribution in [1.29, 1.82) is 0 Å². The van der Waals surface area contributed by atoms with Gasteiger partial charge in [-0.05, 0) is 19.1 Å². The average Bonchev–Trinajstić information content (AvgIpc) is 3.00. The smallest absolute Gasteiger partial charge is 0.292 e. The molecule has 1 aromatic heterocycles. The van der Waals surface area contributed by atoms with Crippen LogP contribution in [-0.4, -0.2) is 28.1 Å². The Morgan fingerprint density at radius 1 is 1.48 bits per heavy atom. The lowest BCUT2D eigenvalue weighted by molar-refractivity contribution is -0.384. The summed E-state index contributed by atoms with van der Waals surface area (Å²) in [5.74, 6) is -0.302. The van der Waals surface area contributed by atoms with Gasteiger partial charge in [0.2, 0.25) is 0 Å². The number of hydrogen-bond acceptors (Lipinski definition) is 5. The number of aromatic nitrogens is 2. The van der Waals surface area contributed by atoms with Crippen LogP contribution in [0.2, 0.25) is 0 Å². The highest BCUT2D eigenvalue weighted by molar-refractivity contribution is 5.95. The van der Waals surface area contributed by atoms with Crippen LogP contribution in [0, 0.1) is 10.1 Å². The van der Waals surface area contributed by atoms with E-state index in [1.54, 1.807) is 12.4 Å². The Hall–Kier alpha value is -2.90. The molecule has 0 aliphatic heterocycles. The van der Waals surface area contributed by atoms with Gasteiger partial charge in [0, 0.05) is 30.4 Å². The van der Waals surface area contributed by atoms with Crippen molar-refractivity contribution in [3.63, 3.8) is 0 Å². The number of carbonyl (C=O) groups is 1. The lowest BCUT2D eigenvalue weighted by Crippen LogP contribution is -2.18. The lowest BCUT2D eigenvalue weighted by atomic mass is 10.1. The van der Waals surface area contributed by atoms with Crippen molar-refractivity contribution in [3.8, 4) is 0 Å². The molecule has 3 N–H and O–H groups in total. The van der Waals surface area contributed by atoms with E-state index in [-0.39, 0.29) is 23.3 Å². The number of benzene rings is 1. The second-order valence-corrected chi connectivity index (χ2v) is 4.47. The molecule has 0 spiro atoms. The highest BCUT2D eigenvalue weighted by Crippen LogP contribution is 2.29. The second-order valence-electron chi connectivity index (χ2n) is 4.47. The summed E-state index contributed by atoms with van der Waals surface area (Å²) in [6.45, 7) is 1.85. The van der Waals surface area contributed by atoms with Crippen LogP contribution in [0.15, 0.2) is 30.6 Å². The summed E-state index contributed by atoms with van der Waals surface area (Å²) in [6, 6.07) is 4.01. The van der Waals surface area contributed by atoms with Crippen LogP contribution in [0.4, 0.5) is 11.4 Å². The molecule has 1 unspecified atom stereocenters. The van der Waals surface area contributed by atoms with Crippen LogP contribution >= 0.6 is 0 Å². The first-order valence-corrected chi connectivity index (χ1v) is 6.28. The zero-order valence-corrected chi connectivity index (χ0v) is 11.6. The minimum Gasteiger partial charge on any atom is -0.373 e. The van der Waals surface area contributed by atoms with Crippen molar-refractivity contribution >= 4 is 17.3 Å². The Balaban J connectivity index is 2.34. The molecule has 8 nitrogen and oxygen atoms in total. The number of rotatable bonds is 5. The van der Waals surface area contributed by atoms with Crippen molar-refractivity contribution < 1.29 is 9.72 Å². The van der Waals surface area contributed by atoms with E-state index in [1.165, 1.54) is 25.2 Å². The maximum atomic E-state index is 11.6. The van der Waals surface area contributed by atoms with Gasteiger partial charge in [-0.1, -0.05) is 0 Å². The van der Waals surface area contributed by atoms with Gasteiger partial charge in [-0.2, -0.15) is 5.10 Å². The van der Waals surface area contributed by atoms with Crippen molar-refractivity contribution in [1.82, 2.24) is 15.5 Å². The minimum absolute atomic E-state index is 0.0852. The maximum Gasteiger partial charge on any atom is 0.292 e. The number of hydrogen-bond donors (Lipinski definition) is 3. The number of amides is 1. The van der Waals surface area contributed by atoms with E-state index in [9.17, 15) is 14.9 Å². The van der Waals surface area contributed by atoms with Crippen LogP contribution < -0.4 is 10.6 Å². The first-order chi connectivity index (χ1) is 10.0. The summed E-state index contributed by atoms with van der Waals surface area (Å²) in [5, 5.41) is 23.1. The highest BCUT2D eigenvalue weighted by atomic mass is 16.6. The Bertz CT molecular complexity index is 654. The normalized spacial score (nSPS) is 11.7. The number of aromatic amines is 1. The Morgan fingerprint density at radius 2 is 2.24 bits per heavy atom. The van der Waals surface area contributed by atoms with Gasteiger partial charge >= 0.3 is 0 Å². The molecular weight excluding hydrogens is 274 g/mol. The largest absolute Gasteiger partial charge is 0.373 e. The van der Waals surface area contributed by atoms with E-state index in [1.807, 2.05) is 6.92 Å². The van der Waals surface area contributed by atoms with Crippen LogP contribution in [-0.2, 0) is 0 Å². The first kappa shape index (κ1) is 14.5. The second kappa shape index (κ2) is 6.04. The van der Waals surface area contributed by atoms with Gasteiger partial charge in [-0.25, -0.2) is 0 Å². The summed E-state index contributed by atoms with van der Waals surface area (Å²) < 4.78 is 0. The van der Waals surface area contributed by atoms with Crippen molar-refractivity contribution in [2.75, 3.05) is 12.4 Å². The average molecular weight is 289 g/mol. The number of nitrogens with zero attached hydrogens (tertiary/aromatic N) is 2. The molecule has 1 atom stereocenters. The SMILES string of the molecule is CNC(=O)c1ccc([N+](=O)[O-])c(NC(C)c2cn[nH]c2)c1. The Kier molecular flexibility index (Phi) is 4.17. The molecule has 2 aromatic rings. The lowest BCUT2D eigenvalue weighted by Gasteiger charge is -2.14. The number of H-pyrrole nitrogens is 1. The predicted molar refractivity (Wildman–Crippen MR) is 77.1 cm³/mol. The van der Waals surface area contributed by atoms with E-state index in [4.69, 9.17) is 0 Å². The molecule has 0 bridgehead atoms. The minimum atomic E-state index is -0.488. The van der Waals surface area contributed by atoms with Gasteiger partial charge in [-0.3, -0.25) is 20.0 Å². The number of nitro groups is 1. The molecule has 1 amide bonds. The van der Waals surface area contributed by atoms with Crippen molar-refractivity contribution in [2.45, 2.75) is 13.0 Å². The number of anilines is 1. The van der Waals surface area contributed by atoms with E-state index < -0.39 is 4.92 Å². The Labute approximate surface area is 120 Å². The van der Waals surface area contributed by atoms with Gasteiger partial charge in [0.15, 0.2) is 0 Å². The van der Waals surface area contributed by atoms with Crippen LogP contribution in [0.1, 0.15) is 28.9 Å². The molecule has 8 heteroatoms. The summed E-state index contributed by atoms with van der Waals surface area (Å²) in [5.41, 5.74) is 1.41. The zero-order valence-electron chi connectivity index (χ0n) is 11.6. The third kappa shape index (κ3) is 3.16. The predicted octanol–water partition coefficient (Wildman–Crippen LogP) is 1.85. The molecule has 1 heterocycles. The topological polar surface area (TPSA) is 113 Å². The number of nitro benzene ring substituents is 1. The van der Waals surface area contributed by atoms with Crippen LogP contribution in [0.25, 0.3) is 0 Å². The molecule has 0 aliphatic rings. The fourth-order valence-corrected chi connectivity index (χ4v) is 1.91. The van der Waals surface area contributed by atoms with Gasteiger partial charge in [0.1, 0.15) is 5.69 Å². The standard InChI is InChI=1S/C13H15N5O3/c1-8(10-6-15-16-7-10)17-11-5-9(13(19)14-2)3-4-12(11)18(20)21/h3-8,17H,1-2H3,(H,14,19)(H,15,16). The quantitative estimate of drug-likeness (QED) is 0.574. The first-order valence-electron chi connectivity index (χ1n) is 6.28. The fourth-order valence-electron chi connectivity index (χ4n) is 1.91. The van der Waals surface area contributed by atoms with Crippen molar-refractivity contribution in [2.24, 2.45) is 0 Å². The van der Waals surface area contributed by atoms with Crippen LogP contribution in [0.3, 0.4) is 0 Å². The molecule has 0 aliphatic carbocycles. The summed E-state index contributed by atoms with van der Waals surface area (Å²) in [6.07, 6.45) is 3.33. The van der Waals surface area contributed by atoms with E-state index >= 15 is 0 Å². The Morgan fingerprint density at radius 3 is 2.81 bits per heavy atom. The third-order valence-electron chi connectivity index (χ3n) is 3.07. The van der Waals surface area contributed by atoms with Crippen LogP contribution in [0.5, 0.6) is 0 Å². The molecular formula is C13H15N5O3. The summed E-state index contributed by atoms with van der Waals surface area (Å²) in [7, 11) is 1.50. The van der Waals surface area contributed by atoms with Gasteiger partial charge < -0.3 is 10.6 Å². The van der Waals surface area contributed by atoms with Crippen molar-refractivity contribution in [3.05, 3.63) is 51.8 Å². The van der Waals surface area contributed by atoms with Gasteiger partial charge in [0.25, 0.3) is 11.6 Å². The molecule has 0 fully saturated rings.